The molecule has 0 bridgehead atoms. The third-order valence-electron chi connectivity index (χ3n) is 4.26. The third-order valence-corrected chi connectivity index (χ3v) is 5.86. The molecule has 1 fully saturated rings. The second-order valence-corrected chi connectivity index (χ2v) is 7.79. The molecule has 1 saturated carbocycles. The Morgan fingerprint density at radius 1 is 1.29 bits per heavy atom. The van der Waals surface area contributed by atoms with Crippen LogP contribution >= 0.6 is 0 Å². The lowest BCUT2D eigenvalue weighted by atomic mass is 10.0. The molecule has 1 aliphatic carbocycles. The third kappa shape index (κ3) is 3.87. The Balaban J connectivity index is 2.21. The van der Waals surface area contributed by atoms with Gasteiger partial charge < -0.3 is 9.88 Å². The zero-order valence-corrected chi connectivity index (χ0v) is 14.1. The Kier molecular flexibility index (Phi) is 5.11. The van der Waals surface area contributed by atoms with Crippen LogP contribution in [0.2, 0.25) is 0 Å². The van der Waals surface area contributed by atoms with Crippen LogP contribution in [0.5, 0.6) is 0 Å². The molecular weight excluding hydrogens is 286 g/mol. The predicted octanol–water partition coefficient (Wildman–Crippen LogP) is 2.23. The molecule has 0 spiro atoms. The van der Waals surface area contributed by atoms with E-state index < -0.39 is 10.0 Å². The minimum absolute atomic E-state index is 0.283. The average molecular weight is 313 g/mol. The summed E-state index contributed by atoms with van der Waals surface area (Å²) in [6, 6.07) is 1.78. The van der Waals surface area contributed by atoms with Crippen molar-refractivity contribution in [3.05, 3.63) is 18.0 Å². The second-order valence-electron chi connectivity index (χ2n) is 6.11. The van der Waals surface area contributed by atoms with E-state index in [2.05, 4.69) is 10.0 Å². The molecule has 21 heavy (non-hydrogen) atoms. The summed E-state index contributed by atoms with van der Waals surface area (Å²) in [5.74, 6) is 0. The minimum atomic E-state index is -3.44. The number of hydrogen-bond donors (Lipinski definition) is 2. The Morgan fingerprint density at radius 3 is 2.52 bits per heavy atom. The van der Waals surface area contributed by atoms with Gasteiger partial charge in [-0.2, -0.15) is 0 Å². The molecule has 0 amide bonds. The first-order chi connectivity index (χ1) is 9.90. The lowest BCUT2D eigenvalue weighted by Gasteiger charge is -2.24. The van der Waals surface area contributed by atoms with Crippen molar-refractivity contribution in [2.24, 2.45) is 0 Å². The van der Waals surface area contributed by atoms with Crippen molar-refractivity contribution in [1.82, 2.24) is 14.6 Å². The van der Waals surface area contributed by atoms with Gasteiger partial charge in [-0.3, -0.25) is 0 Å². The Morgan fingerprint density at radius 2 is 1.95 bits per heavy atom. The number of aromatic nitrogens is 1. The largest absolute Gasteiger partial charge is 0.349 e. The fourth-order valence-electron chi connectivity index (χ4n) is 3.01. The number of nitrogens with zero attached hydrogens (tertiary/aromatic N) is 1. The number of aryl methyl sites for hydroxylation is 1. The summed E-state index contributed by atoms with van der Waals surface area (Å²) in [5.41, 5.74) is 0.728. The van der Waals surface area contributed by atoms with Crippen LogP contribution < -0.4 is 10.0 Å². The van der Waals surface area contributed by atoms with E-state index >= 15 is 0 Å². The molecule has 1 aromatic rings. The first-order valence-electron chi connectivity index (χ1n) is 7.84. The van der Waals surface area contributed by atoms with Gasteiger partial charge in [-0.25, -0.2) is 13.1 Å². The molecule has 0 aliphatic heterocycles. The van der Waals surface area contributed by atoms with Crippen molar-refractivity contribution in [1.29, 1.82) is 0 Å². The molecule has 1 aliphatic rings. The van der Waals surface area contributed by atoms with Crippen LogP contribution in [-0.4, -0.2) is 25.1 Å². The quantitative estimate of drug-likeness (QED) is 0.811. The van der Waals surface area contributed by atoms with Gasteiger partial charge in [0.15, 0.2) is 0 Å². The molecule has 120 valence electrons. The fraction of sp³-hybridized carbons (Fsp3) is 0.733. The standard InChI is InChI=1S/C15H27N3O2S/c1-4-16-11-13-10-14(12-18(13)5-2)21(19,20)17-15(3)8-6-7-9-15/h10,12,16-17H,4-9,11H2,1-3H3. The number of hydrogen-bond acceptors (Lipinski definition) is 3. The maximum atomic E-state index is 12.6. The van der Waals surface area contributed by atoms with Crippen LogP contribution in [-0.2, 0) is 23.1 Å². The summed E-state index contributed by atoms with van der Waals surface area (Å²) in [7, 11) is -3.44. The average Bonchev–Trinajstić information content (AvgIpc) is 3.02. The predicted molar refractivity (Wildman–Crippen MR) is 84.7 cm³/mol. The van der Waals surface area contributed by atoms with Crippen LogP contribution in [0.15, 0.2) is 17.2 Å². The summed E-state index contributed by atoms with van der Waals surface area (Å²) in [6.45, 7) is 8.41. The highest BCUT2D eigenvalue weighted by atomic mass is 32.2. The topological polar surface area (TPSA) is 63.1 Å². The number of rotatable bonds is 7. The monoisotopic (exact) mass is 313 g/mol. The Bertz CT molecular complexity index is 572. The molecular formula is C15H27N3O2S. The van der Waals surface area contributed by atoms with Crippen LogP contribution in [0.1, 0.15) is 52.1 Å². The van der Waals surface area contributed by atoms with Crippen LogP contribution in [0, 0.1) is 0 Å². The molecule has 6 heteroatoms. The summed E-state index contributed by atoms with van der Waals surface area (Å²) in [4.78, 5) is 0.380. The van der Waals surface area contributed by atoms with E-state index in [1.54, 1.807) is 12.3 Å². The molecule has 0 aromatic carbocycles. The highest BCUT2D eigenvalue weighted by Crippen LogP contribution is 2.30. The van der Waals surface area contributed by atoms with Gasteiger partial charge >= 0.3 is 0 Å². The van der Waals surface area contributed by atoms with E-state index in [0.29, 0.717) is 11.4 Å². The SMILES string of the molecule is CCNCc1cc(S(=O)(=O)NC2(C)CCCC2)cn1CC. The lowest BCUT2D eigenvalue weighted by molar-refractivity contribution is 0.427. The Hall–Kier alpha value is -0.850. The first kappa shape index (κ1) is 16.5. The van der Waals surface area contributed by atoms with Crippen molar-refractivity contribution in [2.45, 2.75) is 70.0 Å². The Labute approximate surface area is 128 Å². The fourth-order valence-corrected chi connectivity index (χ4v) is 4.54. The molecule has 0 unspecified atom stereocenters. The van der Waals surface area contributed by atoms with Gasteiger partial charge in [-0.15, -0.1) is 0 Å². The van der Waals surface area contributed by atoms with Crippen LogP contribution in [0.4, 0.5) is 0 Å². The zero-order valence-electron chi connectivity index (χ0n) is 13.3. The lowest BCUT2D eigenvalue weighted by Crippen LogP contribution is -2.43. The van der Waals surface area contributed by atoms with Crippen molar-refractivity contribution in [3.63, 3.8) is 0 Å². The molecule has 2 N–H and O–H groups in total. The molecule has 5 nitrogen and oxygen atoms in total. The first-order valence-corrected chi connectivity index (χ1v) is 9.32. The van der Waals surface area contributed by atoms with E-state index in [0.717, 1.165) is 44.5 Å². The van der Waals surface area contributed by atoms with Gasteiger partial charge in [0.05, 0.1) is 4.90 Å². The van der Waals surface area contributed by atoms with Gasteiger partial charge in [-0.05, 0) is 39.3 Å². The van der Waals surface area contributed by atoms with Crippen molar-refractivity contribution >= 4 is 10.0 Å². The molecule has 1 aromatic heterocycles. The van der Waals surface area contributed by atoms with Crippen molar-refractivity contribution < 1.29 is 8.42 Å². The van der Waals surface area contributed by atoms with E-state index in [1.165, 1.54) is 0 Å². The van der Waals surface area contributed by atoms with Crippen LogP contribution in [0.3, 0.4) is 0 Å². The van der Waals surface area contributed by atoms with E-state index in [9.17, 15) is 8.42 Å². The van der Waals surface area contributed by atoms with E-state index in [1.807, 2.05) is 25.3 Å². The van der Waals surface area contributed by atoms with Gasteiger partial charge in [0.2, 0.25) is 10.0 Å². The molecule has 1 heterocycles. The summed E-state index contributed by atoms with van der Waals surface area (Å²) >= 11 is 0. The molecule has 0 saturated heterocycles. The minimum Gasteiger partial charge on any atom is -0.349 e. The molecule has 0 atom stereocenters. The highest BCUT2D eigenvalue weighted by molar-refractivity contribution is 7.89. The van der Waals surface area contributed by atoms with E-state index in [-0.39, 0.29) is 5.54 Å². The van der Waals surface area contributed by atoms with Gasteiger partial charge in [-0.1, -0.05) is 19.8 Å². The van der Waals surface area contributed by atoms with Gasteiger partial charge in [0.25, 0.3) is 0 Å². The van der Waals surface area contributed by atoms with E-state index in [4.69, 9.17) is 0 Å². The molecule has 0 radical (unpaired) electrons. The zero-order chi connectivity index (χ0) is 15.5. The van der Waals surface area contributed by atoms with Crippen molar-refractivity contribution in [3.8, 4) is 0 Å². The summed E-state index contributed by atoms with van der Waals surface area (Å²) in [5, 5.41) is 3.25. The second kappa shape index (κ2) is 6.50. The maximum absolute atomic E-state index is 12.6. The number of nitrogens with one attached hydrogen (secondary N) is 2. The van der Waals surface area contributed by atoms with Gasteiger partial charge in [0, 0.05) is 30.5 Å². The highest BCUT2D eigenvalue weighted by Gasteiger charge is 2.34. The smallest absolute Gasteiger partial charge is 0.242 e. The van der Waals surface area contributed by atoms with Crippen molar-refractivity contribution in [2.75, 3.05) is 6.54 Å². The number of sulfonamides is 1. The van der Waals surface area contributed by atoms with Gasteiger partial charge in [0.1, 0.15) is 0 Å². The summed E-state index contributed by atoms with van der Waals surface area (Å²) < 4.78 is 30.1. The van der Waals surface area contributed by atoms with Crippen LogP contribution in [0.25, 0.3) is 0 Å². The summed E-state index contributed by atoms with van der Waals surface area (Å²) in [6.07, 6.45) is 5.78. The normalized spacial score (nSPS) is 18.2. The maximum Gasteiger partial charge on any atom is 0.242 e. The molecule has 2 rings (SSSR count).